The molecule has 0 fully saturated rings. The van der Waals surface area contributed by atoms with Crippen LogP contribution in [0, 0.1) is 20.8 Å². The van der Waals surface area contributed by atoms with Crippen molar-refractivity contribution in [2.45, 2.75) is 20.8 Å². The largest absolute Gasteiger partial charge is 0.496 e. The Morgan fingerprint density at radius 1 is 0.917 bits per heavy atom. The smallest absolute Gasteiger partial charge is 0.273 e. The zero-order chi connectivity index (χ0) is 17.9. The van der Waals surface area contributed by atoms with Gasteiger partial charge in [0.25, 0.3) is 11.8 Å². The van der Waals surface area contributed by atoms with Gasteiger partial charge in [0.1, 0.15) is 23.0 Å². The van der Waals surface area contributed by atoms with Crippen LogP contribution >= 0.6 is 0 Å². The van der Waals surface area contributed by atoms with E-state index in [1.165, 1.54) is 14.2 Å². The third-order valence-corrected chi connectivity index (χ3v) is 3.59. The van der Waals surface area contributed by atoms with E-state index in [1.54, 1.807) is 32.0 Å². The quantitative estimate of drug-likeness (QED) is 0.839. The molecule has 2 amide bonds. The number of hydrazine groups is 1. The zero-order valence-electron chi connectivity index (χ0n) is 14.3. The highest BCUT2D eigenvalue weighted by Crippen LogP contribution is 2.29. The van der Waals surface area contributed by atoms with Crippen molar-refractivity contribution in [2.75, 3.05) is 14.2 Å². The molecule has 1 aromatic carbocycles. The van der Waals surface area contributed by atoms with Gasteiger partial charge in [-0.3, -0.25) is 20.4 Å². The summed E-state index contributed by atoms with van der Waals surface area (Å²) in [6.45, 7) is 5.25. The van der Waals surface area contributed by atoms with Gasteiger partial charge in [-0.15, -0.1) is 0 Å². The number of ether oxygens (including phenoxy) is 2. The van der Waals surface area contributed by atoms with E-state index in [2.05, 4.69) is 10.9 Å². The number of hydrogen-bond acceptors (Lipinski definition) is 5. The topological polar surface area (TPSA) is 89.8 Å². The molecular formula is C17H20N2O5. The minimum Gasteiger partial charge on any atom is -0.496 e. The molecule has 0 bridgehead atoms. The minimum atomic E-state index is -0.488. The van der Waals surface area contributed by atoms with Gasteiger partial charge in [0.15, 0.2) is 0 Å². The maximum Gasteiger partial charge on any atom is 0.273 e. The summed E-state index contributed by atoms with van der Waals surface area (Å²) in [5.74, 6) is 1.20. The van der Waals surface area contributed by atoms with E-state index < -0.39 is 11.8 Å². The van der Waals surface area contributed by atoms with Crippen LogP contribution in [0.4, 0.5) is 0 Å². The number of rotatable bonds is 4. The number of amides is 2. The van der Waals surface area contributed by atoms with Gasteiger partial charge in [0, 0.05) is 11.1 Å². The first-order valence-corrected chi connectivity index (χ1v) is 7.27. The molecule has 128 valence electrons. The van der Waals surface area contributed by atoms with Crippen LogP contribution in [0.5, 0.6) is 11.5 Å². The monoisotopic (exact) mass is 332 g/mol. The molecular weight excluding hydrogens is 312 g/mol. The highest BCUT2D eigenvalue weighted by atomic mass is 16.5. The molecule has 2 N–H and O–H groups in total. The SMILES string of the molecule is COc1cc(C(=O)NNC(=O)c2cc(C)oc2C)cc(OC)c1C. The normalized spacial score (nSPS) is 10.2. The van der Waals surface area contributed by atoms with Gasteiger partial charge < -0.3 is 13.9 Å². The van der Waals surface area contributed by atoms with Crippen LogP contribution in [0.2, 0.25) is 0 Å². The van der Waals surface area contributed by atoms with Crippen molar-refractivity contribution in [1.82, 2.24) is 10.9 Å². The van der Waals surface area contributed by atoms with Crippen molar-refractivity contribution in [3.05, 3.63) is 46.4 Å². The third kappa shape index (κ3) is 3.51. The molecule has 0 radical (unpaired) electrons. The number of methoxy groups -OCH3 is 2. The van der Waals surface area contributed by atoms with Crippen LogP contribution in [0.3, 0.4) is 0 Å². The lowest BCUT2D eigenvalue weighted by Crippen LogP contribution is -2.41. The molecule has 1 heterocycles. The molecule has 7 nitrogen and oxygen atoms in total. The molecule has 0 saturated heterocycles. The molecule has 0 atom stereocenters. The maximum atomic E-state index is 12.3. The van der Waals surface area contributed by atoms with Gasteiger partial charge in [-0.1, -0.05) is 0 Å². The molecule has 2 aromatic rings. The first kappa shape index (κ1) is 17.4. The average Bonchev–Trinajstić information content (AvgIpc) is 2.91. The lowest BCUT2D eigenvalue weighted by atomic mass is 10.1. The molecule has 7 heteroatoms. The van der Waals surface area contributed by atoms with Gasteiger partial charge >= 0.3 is 0 Å². The molecule has 2 rings (SSSR count). The molecule has 0 aliphatic carbocycles. The van der Waals surface area contributed by atoms with Gasteiger partial charge in [0.2, 0.25) is 0 Å². The molecule has 0 saturated carbocycles. The van der Waals surface area contributed by atoms with E-state index in [9.17, 15) is 9.59 Å². The summed E-state index contributed by atoms with van der Waals surface area (Å²) in [5.41, 5.74) is 6.18. The lowest BCUT2D eigenvalue weighted by Gasteiger charge is -2.13. The van der Waals surface area contributed by atoms with Crippen LogP contribution in [0.15, 0.2) is 22.6 Å². The van der Waals surface area contributed by atoms with E-state index in [0.29, 0.717) is 34.1 Å². The van der Waals surface area contributed by atoms with Gasteiger partial charge in [-0.25, -0.2) is 0 Å². The number of hydrogen-bond donors (Lipinski definition) is 2. The predicted octanol–water partition coefficient (Wildman–Crippen LogP) is 2.30. The van der Waals surface area contributed by atoms with Crippen LogP contribution in [-0.2, 0) is 0 Å². The Morgan fingerprint density at radius 2 is 1.46 bits per heavy atom. The first-order chi connectivity index (χ1) is 11.4. The number of nitrogens with one attached hydrogen (secondary N) is 2. The Bertz CT molecular complexity index is 754. The Balaban J connectivity index is 2.12. The molecule has 0 aliphatic heterocycles. The fourth-order valence-corrected chi connectivity index (χ4v) is 2.33. The Morgan fingerprint density at radius 3 is 1.92 bits per heavy atom. The van der Waals surface area contributed by atoms with Crippen molar-refractivity contribution in [3.63, 3.8) is 0 Å². The third-order valence-electron chi connectivity index (χ3n) is 3.59. The van der Waals surface area contributed by atoms with E-state index in [-0.39, 0.29) is 0 Å². The molecule has 0 aliphatic rings. The standard InChI is InChI=1S/C17H20N2O5/c1-9-6-13(11(3)24-9)17(21)19-18-16(20)12-7-14(22-4)10(2)15(8-12)23-5/h6-8H,1-5H3,(H,18,20)(H,19,21). The summed E-state index contributed by atoms with van der Waals surface area (Å²) in [7, 11) is 3.02. The van der Waals surface area contributed by atoms with Crippen molar-refractivity contribution < 1.29 is 23.5 Å². The number of carbonyl (C=O) groups is 2. The van der Waals surface area contributed by atoms with Crippen LogP contribution in [0.1, 0.15) is 37.8 Å². The van der Waals surface area contributed by atoms with Gasteiger partial charge in [-0.2, -0.15) is 0 Å². The minimum absolute atomic E-state index is 0.301. The molecule has 24 heavy (non-hydrogen) atoms. The van der Waals surface area contributed by atoms with E-state index in [0.717, 1.165) is 5.56 Å². The lowest BCUT2D eigenvalue weighted by molar-refractivity contribution is 0.0845. The summed E-state index contributed by atoms with van der Waals surface area (Å²) in [4.78, 5) is 24.3. The summed E-state index contributed by atoms with van der Waals surface area (Å²) < 4.78 is 15.8. The van der Waals surface area contributed by atoms with Crippen molar-refractivity contribution in [1.29, 1.82) is 0 Å². The molecule has 1 aromatic heterocycles. The first-order valence-electron chi connectivity index (χ1n) is 7.27. The predicted molar refractivity (Wildman–Crippen MR) is 87.4 cm³/mol. The van der Waals surface area contributed by atoms with Crippen molar-refractivity contribution in [2.24, 2.45) is 0 Å². The van der Waals surface area contributed by atoms with Crippen molar-refractivity contribution in [3.8, 4) is 11.5 Å². The zero-order valence-corrected chi connectivity index (χ0v) is 14.3. The van der Waals surface area contributed by atoms with E-state index >= 15 is 0 Å². The van der Waals surface area contributed by atoms with E-state index in [1.807, 2.05) is 6.92 Å². The maximum absolute atomic E-state index is 12.3. The van der Waals surface area contributed by atoms with Gasteiger partial charge in [-0.05, 0) is 39.0 Å². The van der Waals surface area contributed by atoms with Crippen molar-refractivity contribution >= 4 is 11.8 Å². The number of aryl methyl sites for hydroxylation is 2. The fourth-order valence-electron chi connectivity index (χ4n) is 2.33. The molecule has 0 spiro atoms. The highest BCUT2D eigenvalue weighted by molar-refractivity contribution is 6.00. The van der Waals surface area contributed by atoms with Crippen LogP contribution in [0.25, 0.3) is 0 Å². The number of carbonyl (C=O) groups excluding carboxylic acids is 2. The second-order valence-corrected chi connectivity index (χ2v) is 5.24. The number of benzene rings is 1. The Kier molecular flexibility index (Phi) is 5.13. The number of furan rings is 1. The highest BCUT2D eigenvalue weighted by Gasteiger charge is 2.16. The van der Waals surface area contributed by atoms with Gasteiger partial charge in [0.05, 0.1) is 19.8 Å². The Labute approximate surface area is 139 Å². The van der Waals surface area contributed by atoms with E-state index in [4.69, 9.17) is 13.9 Å². The average molecular weight is 332 g/mol. The van der Waals surface area contributed by atoms with Crippen LogP contribution < -0.4 is 20.3 Å². The van der Waals surface area contributed by atoms with Crippen LogP contribution in [-0.4, -0.2) is 26.0 Å². The second-order valence-electron chi connectivity index (χ2n) is 5.24. The molecule has 0 unspecified atom stereocenters. The Hall–Kier alpha value is -2.96. The summed E-state index contributed by atoms with van der Waals surface area (Å²) in [5, 5.41) is 0. The fraction of sp³-hybridized carbons (Fsp3) is 0.294. The summed E-state index contributed by atoms with van der Waals surface area (Å²) in [6, 6.07) is 4.76. The summed E-state index contributed by atoms with van der Waals surface area (Å²) >= 11 is 0. The summed E-state index contributed by atoms with van der Waals surface area (Å²) in [6.07, 6.45) is 0. The second kappa shape index (κ2) is 7.08.